The third-order valence-corrected chi connectivity index (χ3v) is 4.34. The molecular weight excluding hydrogens is 270 g/mol. The van der Waals surface area contributed by atoms with Crippen LogP contribution in [-0.2, 0) is 6.54 Å². The third kappa shape index (κ3) is 2.29. The van der Waals surface area contributed by atoms with E-state index in [1.807, 2.05) is 0 Å². The van der Waals surface area contributed by atoms with Crippen LogP contribution in [0.15, 0.2) is 65.9 Å². The fourth-order valence-corrected chi connectivity index (χ4v) is 3.26. The summed E-state index contributed by atoms with van der Waals surface area (Å²) in [5.74, 6) is 0. The number of aromatic nitrogens is 1. The van der Waals surface area contributed by atoms with Crippen molar-refractivity contribution in [3.63, 3.8) is 0 Å². The molecule has 1 aliphatic rings. The van der Waals surface area contributed by atoms with E-state index in [1.165, 1.54) is 27.7 Å². The topological polar surface area (TPSA) is 31.4 Å². The number of rotatable bonds is 3. The molecule has 0 unspecified atom stereocenters. The van der Waals surface area contributed by atoms with Gasteiger partial charge in [-0.05, 0) is 24.1 Å². The largest absolute Gasteiger partial charge is 0.361 e. The molecule has 110 valence electrons. The van der Waals surface area contributed by atoms with Crippen LogP contribution >= 0.6 is 0 Å². The Hall–Kier alpha value is -2.55. The monoisotopic (exact) mass is 289 g/mol. The summed E-state index contributed by atoms with van der Waals surface area (Å²) < 4.78 is 0. The predicted molar refractivity (Wildman–Crippen MR) is 90.8 cm³/mol. The van der Waals surface area contributed by atoms with Crippen molar-refractivity contribution in [1.29, 1.82) is 0 Å². The van der Waals surface area contributed by atoms with Crippen molar-refractivity contribution in [2.24, 2.45) is 5.10 Å². The average molecular weight is 289 g/mol. The van der Waals surface area contributed by atoms with Crippen molar-refractivity contribution >= 4 is 16.6 Å². The molecule has 0 saturated heterocycles. The molecule has 1 atom stereocenters. The lowest BCUT2D eigenvalue weighted by Gasteiger charge is -2.23. The SMILES string of the molecule is CC1=NN(Cc2c[nH]c3ccccc23)[C@@H](c2ccccc2)C1. The molecule has 3 nitrogen and oxygen atoms in total. The van der Waals surface area contributed by atoms with Crippen molar-refractivity contribution < 1.29 is 0 Å². The first-order chi connectivity index (χ1) is 10.8. The minimum absolute atomic E-state index is 0.342. The second-order valence-corrected chi connectivity index (χ2v) is 5.92. The van der Waals surface area contributed by atoms with Crippen LogP contribution in [0.1, 0.15) is 30.5 Å². The molecule has 4 rings (SSSR count). The molecule has 0 aliphatic carbocycles. The van der Waals surface area contributed by atoms with Gasteiger partial charge < -0.3 is 4.98 Å². The molecule has 1 aliphatic heterocycles. The van der Waals surface area contributed by atoms with Crippen LogP contribution in [0.5, 0.6) is 0 Å². The summed E-state index contributed by atoms with van der Waals surface area (Å²) in [6.45, 7) is 2.95. The van der Waals surface area contributed by atoms with E-state index in [4.69, 9.17) is 5.10 Å². The number of hydrogen-bond donors (Lipinski definition) is 1. The van der Waals surface area contributed by atoms with E-state index in [2.05, 4.69) is 77.7 Å². The maximum absolute atomic E-state index is 4.76. The lowest BCUT2D eigenvalue weighted by Crippen LogP contribution is -2.18. The third-order valence-electron chi connectivity index (χ3n) is 4.34. The van der Waals surface area contributed by atoms with Gasteiger partial charge in [-0.25, -0.2) is 0 Å². The van der Waals surface area contributed by atoms with Crippen LogP contribution < -0.4 is 0 Å². The van der Waals surface area contributed by atoms with Crippen molar-refractivity contribution in [3.8, 4) is 0 Å². The van der Waals surface area contributed by atoms with Gasteiger partial charge in [0.1, 0.15) is 0 Å². The minimum Gasteiger partial charge on any atom is -0.361 e. The Bertz CT molecular complexity index is 817. The van der Waals surface area contributed by atoms with Crippen molar-refractivity contribution in [3.05, 3.63) is 71.9 Å². The second-order valence-electron chi connectivity index (χ2n) is 5.92. The Kier molecular flexibility index (Phi) is 3.19. The molecule has 22 heavy (non-hydrogen) atoms. The van der Waals surface area contributed by atoms with Gasteiger partial charge >= 0.3 is 0 Å². The molecule has 0 spiro atoms. The van der Waals surface area contributed by atoms with Gasteiger partial charge in [-0.1, -0.05) is 48.5 Å². The molecule has 0 amide bonds. The average Bonchev–Trinajstić information content (AvgIpc) is 3.13. The minimum atomic E-state index is 0.342. The molecule has 0 bridgehead atoms. The highest BCUT2D eigenvalue weighted by Gasteiger charge is 2.26. The summed E-state index contributed by atoms with van der Waals surface area (Å²) in [5.41, 5.74) is 5.03. The first-order valence-electron chi connectivity index (χ1n) is 7.72. The summed E-state index contributed by atoms with van der Waals surface area (Å²) in [7, 11) is 0. The molecular formula is C19H19N3. The molecule has 3 heteroatoms. The maximum atomic E-state index is 4.76. The van der Waals surface area contributed by atoms with Gasteiger partial charge in [-0.2, -0.15) is 5.10 Å². The predicted octanol–water partition coefficient (Wildman–Crippen LogP) is 4.49. The van der Waals surface area contributed by atoms with Gasteiger partial charge in [0, 0.05) is 29.2 Å². The van der Waals surface area contributed by atoms with Crippen LogP contribution in [0.25, 0.3) is 10.9 Å². The number of aromatic amines is 1. The fourth-order valence-electron chi connectivity index (χ4n) is 3.26. The summed E-state index contributed by atoms with van der Waals surface area (Å²) in [6.07, 6.45) is 3.11. The molecule has 2 heterocycles. The number of nitrogens with one attached hydrogen (secondary N) is 1. The molecule has 3 aromatic rings. The zero-order valence-electron chi connectivity index (χ0n) is 12.7. The zero-order chi connectivity index (χ0) is 14.9. The number of hydrogen-bond acceptors (Lipinski definition) is 2. The number of H-pyrrole nitrogens is 1. The van der Waals surface area contributed by atoms with Crippen LogP contribution in [0.3, 0.4) is 0 Å². The van der Waals surface area contributed by atoms with E-state index in [0.717, 1.165) is 13.0 Å². The summed E-state index contributed by atoms with van der Waals surface area (Å²) in [5, 5.41) is 8.27. The Morgan fingerprint density at radius 2 is 1.86 bits per heavy atom. The van der Waals surface area contributed by atoms with Crippen molar-refractivity contribution in [1.82, 2.24) is 9.99 Å². The summed E-state index contributed by atoms with van der Waals surface area (Å²) >= 11 is 0. The van der Waals surface area contributed by atoms with Gasteiger partial charge in [0.25, 0.3) is 0 Å². The lowest BCUT2D eigenvalue weighted by molar-refractivity contribution is 0.225. The second kappa shape index (κ2) is 5.34. The van der Waals surface area contributed by atoms with Gasteiger partial charge in [0.2, 0.25) is 0 Å². The highest BCUT2D eigenvalue weighted by molar-refractivity contribution is 5.84. The number of fused-ring (bicyclic) bond motifs is 1. The first-order valence-corrected chi connectivity index (χ1v) is 7.72. The van der Waals surface area contributed by atoms with Crippen molar-refractivity contribution in [2.75, 3.05) is 0 Å². The Labute approximate surface area is 130 Å². The van der Waals surface area contributed by atoms with Crippen LogP contribution in [0.4, 0.5) is 0 Å². The normalized spacial score (nSPS) is 18.0. The van der Waals surface area contributed by atoms with E-state index in [1.54, 1.807) is 0 Å². The molecule has 0 saturated carbocycles. The van der Waals surface area contributed by atoms with E-state index in [9.17, 15) is 0 Å². The highest BCUT2D eigenvalue weighted by Crippen LogP contribution is 2.33. The van der Waals surface area contributed by atoms with Crippen LogP contribution in [-0.4, -0.2) is 15.7 Å². The summed E-state index contributed by atoms with van der Waals surface area (Å²) in [6, 6.07) is 19.4. The zero-order valence-corrected chi connectivity index (χ0v) is 12.7. The summed E-state index contributed by atoms with van der Waals surface area (Å²) in [4.78, 5) is 3.35. The van der Waals surface area contributed by atoms with Crippen LogP contribution in [0.2, 0.25) is 0 Å². The number of hydrazone groups is 1. The maximum Gasteiger partial charge on any atom is 0.0776 e. The van der Waals surface area contributed by atoms with E-state index >= 15 is 0 Å². The lowest BCUT2D eigenvalue weighted by atomic mass is 10.0. The van der Waals surface area contributed by atoms with Gasteiger partial charge in [-0.15, -0.1) is 0 Å². The van der Waals surface area contributed by atoms with E-state index in [-0.39, 0.29) is 0 Å². The fraction of sp³-hybridized carbons (Fsp3) is 0.211. The molecule has 1 aromatic heterocycles. The Balaban J connectivity index is 1.65. The Morgan fingerprint density at radius 3 is 2.73 bits per heavy atom. The van der Waals surface area contributed by atoms with Gasteiger partial charge in [-0.3, -0.25) is 5.01 Å². The highest BCUT2D eigenvalue weighted by atomic mass is 15.5. The smallest absolute Gasteiger partial charge is 0.0776 e. The molecule has 2 aromatic carbocycles. The standard InChI is InChI=1S/C19H19N3/c1-14-11-19(15-7-3-2-4-8-15)22(21-14)13-16-12-20-18-10-6-5-9-17(16)18/h2-10,12,19-20H,11,13H2,1H3/t19-/m1/s1. The number of nitrogens with zero attached hydrogens (tertiary/aromatic N) is 2. The van der Waals surface area contributed by atoms with Crippen LogP contribution in [0, 0.1) is 0 Å². The first kappa shape index (κ1) is 13.1. The van der Waals surface area contributed by atoms with E-state index < -0.39 is 0 Å². The van der Waals surface area contributed by atoms with E-state index in [0.29, 0.717) is 6.04 Å². The molecule has 0 fully saturated rings. The molecule has 1 N–H and O–H groups in total. The number of benzene rings is 2. The van der Waals surface area contributed by atoms with Gasteiger partial charge in [0.15, 0.2) is 0 Å². The van der Waals surface area contributed by atoms with Crippen molar-refractivity contribution in [2.45, 2.75) is 25.9 Å². The number of para-hydroxylation sites is 1. The van der Waals surface area contributed by atoms with Gasteiger partial charge in [0.05, 0.1) is 12.6 Å². The molecule has 0 radical (unpaired) electrons. The quantitative estimate of drug-likeness (QED) is 0.756. The Morgan fingerprint density at radius 1 is 1.09 bits per heavy atom.